The number of esters is 1. The quantitative estimate of drug-likeness (QED) is 0.421. The number of ether oxygens (including phenoxy) is 2. The predicted octanol–water partition coefficient (Wildman–Crippen LogP) is 2.84. The SMILES string of the molecule is C=C(C)C(=O)OCCOCC=Cc1ccccc1. The van der Waals surface area contributed by atoms with Crippen LogP contribution >= 0.6 is 0 Å². The molecule has 0 aromatic heterocycles. The van der Waals surface area contributed by atoms with E-state index in [1.807, 2.05) is 42.5 Å². The summed E-state index contributed by atoms with van der Waals surface area (Å²) in [7, 11) is 0. The van der Waals surface area contributed by atoms with Gasteiger partial charge in [-0.25, -0.2) is 4.79 Å². The number of carbonyl (C=O) groups is 1. The first-order valence-corrected chi connectivity index (χ1v) is 5.82. The first kappa shape index (κ1) is 14.2. The van der Waals surface area contributed by atoms with Gasteiger partial charge < -0.3 is 9.47 Å². The number of benzene rings is 1. The van der Waals surface area contributed by atoms with Gasteiger partial charge in [0, 0.05) is 5.57 Å². The van der Waals surface area contributed by atoms with Crippen LogP contribution in [-0.4, -0.2) is 25.8 Å². The fraction of sp³-hybridized carbons (Fsp3) is 0.267. The maximum atomic E-state index is 11.0. The highest BCUT2D eigenvalue weighted by Gasteiger charge is 2.01. The van der Waals surface area contributed by atoms with Gasteiger partial charge in [-0.2, -0.15) is 0 Å². The Morgan fingerprint density at radius 1 is 1.28 bits per heavy atom. The normalized spacial score (nSPS) is 10.5. The van der Waals surface area contributed by atoms with Gasteiger partial charge in [-0.05, 0) is 12.5 Å². The molecule has 1 rings (SSSR count). The van der Waals surface area contributed by atoms with Crippen molar-refractivity contribution >= 4 is 12.0 Å². The molecule has 0 heterocycles. The van der Waals surface area contributed by atoms with E-state index in [4.69, 9.17) is 9.47 Å². The van der Waals surface area contributed by atoms with Gasteiger partial charge in [0.2, 0.25) is 0 Å². The van der Waals surface area contributed by atoms with Crippen molar-refractivity contribution in [3.05, 3.63) is 54.1 Å². The van der Waals surface area contributed by atoms with Crippen LogP contribution in [0.15, 0.2) is 48.6 Å². The Labute approximate surface area is 108 Å². The smallest absolute Gasteiger partial charge is 0.333 e. The molecule has 0 saturated carbocycles. The Morgan fingerprint density at radius 3 is 2.67 bits per heavy atom. The van der Waals surface area contributed by atoms with Crippen molar-refractivity contribution < 1.29 is 14.3 Å². The van der Waals surface area contributed by atoms with Crippen molar-refractivity contribution in [2.75, 3.05) is 19.8 Å². The number of hydrogen-bond donors (Lipinski definition) is 0. The summed E-state index contributed by atoms with van der Waals surface area (Å²) in [5.74, 6) is -0.376. The summed E-state index contributed by atoms with van der Waals surface area (Å²) in [6, 6.07) is 9.98. The first-order chi connectivity index (χ1) is 8.70. The van der Waals surface area contributed by atoms with Crippen molar-refractivity contribution in [2.45, 2.75) is 6.92 Å². The summed E-state index contributed by atoms with van der Waals surface area (Å²) in [5, 5.41) is 0. The standard InChI is InChI=1S/C15H18O3/c1-13(2)15(16)18-12-11-17-10-6-9-14-7-4-3-5-8-14/h3-9H,1,10-12H2,2H3. The van der Waals surface area contributed by atoms with E-state index in [9.17, 15) is 4.79 Å². The van der Waals surface area contributed by atoms with Crippen LogP contribution in [0.4, 0.5) is 0 Å². The van der Waals surface area contributed by atoms with Crippen LogP contribution in [0.2, 0.25) is 0 Å². The molecule has 0 fully saturated rings. The number of rotatable bonds is 7. The van der Waals surface area contributed by atoms with Gasteiger partial charge in [0.25, 0.3) is 0 Å². The molecule has 1 aromatic carbocycles. The van der Waals surface area contributed by atoms with E-state index < -0.39 is 0 Å². The topological polar surface area (TPSA) is 35.5 Å². The lowest BCUT2D eigenvalue weighted by Gasteiger charge is -2.03. The molecule has 0 atom stereocenters. The van der Waals surface area contributed by atoms with E-state index >= 15 is 0 Å². The lowest BCUT2D eigenvalue weighted by molar-refractivity contribution is -0.140. The monoisotopic (exact) mass is 246 g/mol. The fourth-order valence-electron chi connectivity index (χ4n) is 1.22. The molecule has 0 N–H and O–H groups in total. The lowest BCUT2D eigenvalue weighted by atomic mass is 10.2. The number of carbonyl (C=O) groups excluding carboxylic acids is 1. The Bertz CT molecular complexity index is 407. The maximum absolute atomic E-state index is 11.0. The lowest BCUT2D eigenvalue weighted by Crippen LogP contribution is -2.10. The van der Waals surface area contributed by atoms with Crippen molar-refractivity contribution in [1.29, 1.82) is 0 Å². The van der Waals surface area contributed by atoms with Gasteiger partial charge in [-0.3, -0.25) is 0 Å². The van der Waals surface area contributed by atoms with Crippen LogP contribution in [-0.2, 0) is 14.3 Å². The van der Waals surface area contributed by atoms with Gasteiger partial charge in [0.15, 0.2) is 0 Å². The minimum Gasteiger partial charge on any atom is -0.460 e. The van der Waals surface area contributed by atoms with Gasteiger partial charge in [-0.1, -0.05) is 49.1 Å². The third-order valence-electron chi connectivity index (χ3n) is 2.13. The molecule has 18 heavy (non-hydrogen) atoms. The summed E-state index contributed by atoms with van der Waals surface area (Å²) in [5.41, 5.74) is 1.54. The fourth-order valence-corrected chi connectivity index (χ4v) is 1.22. The van der Waals surface area contributed by atoms with E-state index in [2.05, 4.69) is 6.58 Å². The molecule has 0 bridgehead atoms. The highest BCUT2D eigenvalue weighted by atomic mass is 16.6. The second-order valence-corrected chi connectivity index (χ2v) is 3.80. The Kier molecular flexibility index (Phi) is 6.51. The second kappa shape index (κ2) is 8.25. The maximum Gasteiger partial charge on any atom is 0.333 e. The summed E-state index contributed by atoms with van der Waals surface area (Å²) in [6.45, 7) is 6.25. The Balaban J connectivity index is 2.07. The van der Waals surface area contributed by atoms with E-state index in [1.165, 1.54) is 0 Å². The van der Waals surface area contributed by atoms with Gasteiger partial charge in [0.05, 0.1) is 13.2 Å². The van der Waals surface area contributed by atoms with Gasteiger partial charge in [-0.15, -0.1) is 0 Å². The zero-order chi connectivity index (χ0) is 13.2. The Morgan fingerprint density at radius 2 is 2.00 bits per heavy atom. The molecule has 1 aromatic rings. The highest BCUT2D eigenvalue weighted by molar-refractivity contribution is 5.86. The largest absolute Gasteiger partial charge is 0.460 e. The molecule has 0 saturated heterocycles. The van der Waals surface area contributed by atoms with Crippen LogP contribution in [0.5, 0.6) is 0 Å². The van der Waals surface area contributed by atoms with Gasteiger partial charge in [0.1, 0.15) is 6.61 Å². The van der Waals surface area contributed by atoms with Crippen molar-refractivity contribution in [3.8, 4) is 0 Å². The van der Waals surface area contributed by atoms with E-state index in [1.54, 1.807) is 6.92 Å². The number of hydrogen-bond acceptors (Lipinski definition) is 3. The van der Waals surface area contributed by atoms with Crippen molar-refractivity contribution in [2.24, 2.45) is 0 Å². The van der Waals surface area contributed by atoms with Crippen LogP contribution in [0.1, 0.15) is 12.5 Å². The van der Waals surface area contributed by atoms with Gasteiger partial charge >= 0.3 is 5.97 Å². The summed E-state index contributed by atoms with van der Waals surface area (Å²) < 4.78 is 10.2. The minimum atomic E-state index is -0.376. The van der Waals surface area contributed by atoms with Crippen molar-refractivity contribution in [3.63, 3.8) is 0 Å². The molecule has 0 amide bonds. The molecule has 0 aliphatic rings. The molecular formula is C15H18O3. The molecule has 0 radical (unpaired) electrons. The summed E-state index contributed by atoms with van der Waals surface area (Å²) >= 11 is 0. The summed E-state index contributed by atoms with van der Waals surface area (Å²) in [4.78, 5) is 11.0. The second-order valence-electron chi connectivity index (χ2n) is 3.80. The van der Waals surface area contributed by atoms with E-state index in [0.29, 0.717) is 18.8 Å². The molecule has 3 nitrogen and oxygen atoms in total. The molecule has 3 heteroatoms. The first-order valence-electron chi connectivity index (χ1n) is 5.82. The molecule has 0 unspecified atom stereocenters. The third kappa shape index (κ3) is 6.01. The average molecular weight is 246 g/mol. The molecule has 0 aliphatic heterocycles. The van der Waals surface area contributed by atoms with Crippen LogP contribution in [0.25, 0.3) is 6.08 Å². The summed E-state index contributed by atoms with van der Waals surface area (Å²) in [6.07, 6.45) is 3.91. The predicted molar refractivity (Wildman–Crippen MR) is 72.1 cm³/mol. The molecule has 0 aliphatic carbocycles. The third-order valence-corrected chi connectivity index (χ3v) is 2.13. The van der Waals surface area contributed by atoms with E-state index in [-0.39, 0.29) is 12.6 Å². The van der Waals surface area contributed by atoms with Crippen LogP contribution in [0, 0.1) is 0 Å². The average Bonchev–Trinajstić information content (AvgIpc) is 2.38. The van der Waals surface area contributed by atoms with E-state index in [0.717, 1.165) is 5.56 Å². The van der Waals surface area contributed by atoms with Crippen LogP contribution < -0.4 is 0 Å². The van der Waals surface area contributed by atoms with Crippen LogP contribution in [0.3, 0.4) is 0 Å². The Hall–Kier alpha value is -1.87. The van der Waals surface area contributed by atoms with Crippen molar-refractivity contribution in [1.82, 2.24) is 0 Å². The molecule has 0 spiro atoms. The zero-order valence-electron chi connectivity index (χ0n) is 10.6. The highest BCUT2D eigenvalue weighted by Crippen LogP contribution is 2.00. The minimum absolute atomic E-state index is 0.255. The molecular weight excluding hydrogens is 228 g/mol. The zero-order valence-corrected chi connectivity index (χ0v) is 10.6. The molecule has 96 valence electrons.